The smallest absolute Gasteiger partial charge is 0.262 e. The van der Waals surface area contributed by atoms with Crippen LogP contribution >= 0.6 is 0 Å². The molecule has 2 aliphatic rings. The zero-order valence-electron chi connectivity index (χ0n) is 16.6. The number of nitrogens with zero attached hydrogens (tertiary/aromatic N) is 2. The van der Waals surface area contributed by atoms with E-state index in [2.05, 4.69) is 28.9 Å². The Labute approximate surface area is 162 Å². The molecule has 2 heterocycles. The predicted molar refractivity (Wildman–Crippen MR) is 106 cm³/mol. The van der Waals surface area contributed by atoms with Crippen molar-refractivity contribution in [3.05, 3.63) is 28.6 Å². The highest BCUT2D eigenvalue weighted by atomic mass is 16.5. The van der Waals surface area contributed by atoms with Crippen LogP contribution in [0.1, 0.15) is 68.3 Å². The number of rotatable bonds is 5. The Hall–Kier alpha value is -2.06. The molecule has 2 fully saturated rings. The summed E-state index contributed by atoms with van der Waals surface area (Å²) >= 11 is 0. The molecule has 1 amide bonds. The lowest BCUT2D eigenvalue weighted by atomic mass is 10.1. The maximum atomic E-state index is 12.6. The van der Waals surface area contributed by atoms with E-state index in [1.165, 1.54) is 12.8 Å². The zero-order valence-corrected chi connectivity index (χ0v) is 16.6. The van der Waals surface area contributed by atoms with Crippen LogP contribution in [0.3, 0.4) is 0 Å². The van der Waals surface area contributed by atoms with Gasteiger partial charge < -0.3 is 14.6 Å². The molecule has 0 spiro atoms. The molecular formula is C22H31N3O2. The van der Waals surface area contributed by atoms with Crippen molar-refractivity contribution in [3.8, 4) is 6.07 Å². The van der Waals surface area contributed by atoms with Gasteiger partial charge in [0.2, 0.25) is 0 Å². The first kappa shape index (κ1) is 19.7. The molecule has 1 atom stereocenters. The van der Waals surface area contributed by atoms with Crippen molar-refractivity contribution in [2.75, 3.05) is 6.61 Å². The Balaban J connectivity index is 1.72. The van der Waals surface area contributed by atoms with Crippen LogP contribution in [0.25, 0.3) is 6.08 Å². The van der Waals surface area contributed by atoms with Gasteiger partial charge in [0, 0.05) is 30.6 Å². The summed E-state index contributed by atoms with van der Waals surface area (Å²) in [6.45, 7) is 5.79. The Morgan fingerprint density at radius 2 is 2.00 bits per heavy atom. The third-order valence-corrected chi connectivity index (χ3v) is 5.88. The van der Waals surface area contributed by atoms with Gasteiger partial charge in [-0.3, -0.25) is 4.79 Å². The van der Waals surface area contributed by atoms with Gasteiger partial charge in [0.05, 0.1) is 6.10 Å². The highest BCUT2D eigenvalue weighted by Gasteiger charge is 2.20. The fourth-order valence-corrected chi connectivity index (χ4v) is 4.24. The summed E-state index contributed by atoms with van der Waals surface area (Å²) in [7, 11) is 0. The van der Waals surface area contributed by atoms with Gasteiger partial charge in [0.15, 0.2) is 0 Å². The number of amides is 1. The van der Waals surface area contributed by atoms with Gasteiger partial charge >= 0.3 is 0 Å². The van der Waals surface area contributed by atoms with Gasteiger partial charge in [0.1, 0.15) is 11.6 Å². The first-order chi connectivity index (χ1) is 13.1. The number of carbonyl (C=O) groups is 1. The molecule has 146 valence electrons. The molecule has 5 heteroatoms. The monoisotopic (exact) mass is 369 g/mol. The molecule has 0 aromatic carbocycles. The average Bonchev–Trinajstić information content (AvgIpc) is 3.16. The van der Waals surface area contributed by atoms with Crippen LogP contribution in [0.15, 0.2) is 11.6 Å². The van der Waals surface area contributed by atoms with E-state index in [1.54, 1.807) is 6.08 Å². The summed E-state index contributed by atoms with van der Waals surface area (Å²) in [6.07, 6.45) is 11.0. The second kappa shape index (κ2) is 9.23. The number of hydrogen-bond donors (Lipinski definition) is 1. The first-order valence-corrected chi connectivity index (χ1v) is 10.3. The standard InChI is InChI=1S/C22H31N3O2/c1-16-12-18(17(2)25(16)15-21-10-7-11-27-21)13-19(14-23)22(26)24-20-8-5-3-4-6-9-20/h12-13,20-21H,3-11,15H2,1-2H3,(H,24,26)/b19-13+/t21-/m1/s1. The SMILES string of the molecule is Cc1cc(/C=C(\C#N)C(=O)NC2CCCCCC2)c(C)n1C[C@H]1CCCO1. The number of nitrogens with one attached hydrogen (secondary N) is 1. The molecule has 0 unspecified atom stereocenters. The van der Waals surface area contributed by atoms with Gasteiger partial charge in [-0.05, 0) is 57.2 Å². The molecular weight excluding hydrogens is 338 g/mol. The summed E-state index contributed by atoms with van der Waals surface area (Å²) in [5.41, 5.74) is 3.35. The van der Waals surface area contributed by atoms with Crippen LogP contribution < -0.4 is 5.32 Å². The molecule has 0 radical (unpaired) electrons. The summed E-state index contributed by atoms with van der Waals surface area (Å²) < 4.78 is 7.99. The normalized spacial score (nSPS) is 21.7. The second-order valence-electron chi connectivity index (χ2n) is 7.90. The first-order valence-electron chi connectivity index (χ1n) is 10.3. The number of aromatic nitrogens is 1. The summed E-state index contributed by atoms with van der Waals surface area (Å²) in [4.78, 5) is 12.6. The minimum Gasteiger partial charge on any atom is -0.376 e. The molecule has 1 saturated carbocycles. The number of nitriles is 1. The van der Waals surface area contributed by atoms with E-state index < -0.39 is 0 Å². The third-order valence-electron chi connectivity index (χ3n) is 5.88. The number of carbonyl (C=O) groups excluding carboxylic acids is 1. The lowest BCUT2D eigenvalue weighted by molar-refractivity contribution is -0.117. The molecule has 1 saturated heterocycles. The molecule has 5 nitrogen and oxygen atoms in total. The Bertz CT molecular complexity index is 727. The largest absolute Gasteiger partial charge is 0.376 e. The number of aryl methyl sites for hydroxylation is 1. The van der Waals surface area contributed by atoms with Gasteiger partial charge in [-0.15, -0.1) is 0 Å². The zero-order chi connectivity index (χ0) is 19.2. The molecule has 1 N–H and O–H groups in total. The van der Waals surface area contributed by atoms with Crippen molar-refractivity contribution in [1.82, 2.24) is 9.88 Å². The van der Waals surface area contributed by atoms with Crippen molar-refractivity contribution < 1.29 is 9.53 Å². The van der Waals surface area contributed by atoms with Crippen molar-refractivity contribution >= 4 is 12.0 Å². The quantitative estimate of drug-likeness (QED) is 0.484. The van der Waals surface area contributed by atoms with E-state index in [4.69, 9.17) is 4.74 Å². The van der Waals surface area contributed by atoms with E-state index in [-0.39, 0.29) is 23.6 Å². The minimum atomic E-state index is -0.242. The summed E-state index contributed by atoms with van der Waals surface area (Å²) in [6, 6.07) is 4.35. The van der Waals surface area contributed by atoms with E-state index in [0.717, 1.165) is 68.6 Å². The third kappa shape index (κ3) is 5.01. The molecule has 1 aliphatic carbocycles. The second-order valence-corrected chi connectivity index (χ2v) is 7.90. The van der Waals surface area contributed by atoms with Crippen molar-refractivity contribution in [1.29, 1.82) is 5.26 Å². The molecule has 3 rings (SSSR count). The number of ether oxygens (including phenoxy) is 1. The maximum Gasteiger partial charge on any atom is 0.262 e. The van der Waals surface area contributed by atoms with Gasteiger partial charge in [-0.2, -0.15) is 5.26 Å². The van der Waals surface area contributed by atoms with E-state index in [1.807, 2.05) is 6.92 Å². The highest BCUT2D eigenvalue weighted by molar-refractivity contribution is 6.02. The maximum absolute atomic E-state index is 12.6. The van der Waals surface area contributed by atoms with Crippen LogP contribution in [0.2, 0.25) is 0 Å². The van der Waals surface area contributed by atoms with Gasteiger partial charge in [-0.1, -0.05) is 25.7 Å². The van der Waals surface area contributed by atoms with Gasteiger partial charge in [0.25, 0.3) is 5.91 Å². The average molecular weight is 370 g/mol. The lowest BCUT2D eigenvalue weighted by Crippen LogP contribution is -2.35. The van der Waals surface area contributed by atoms with E-state index in [9.17, 15) is 10.1 Å². The van der Waals surface area contributed by atoms with Crippen LogP contribution in [-0.4, -0.2) is 29.2 Å². The van der Waals surface area contributed by atoms with E-state index >= 15 is 0 Å². The Kier molecular flexibility index (Phi) is 6.73. The fourth-order valence-electron chi connectivity index (χ4n) is 4.24. The van der Waals surface area contributed by atoms with Crippen LogP contribution in [-0.2, 0) is 16.1 Å². The van der Waals surface area contributed by atoms with Crippen molar-refractivity contribution in [3.63, 3.8) is 0 Å². The van der Waals surface area contributed by atoms with E-state index in [0.29, 0.717) is 0 Å². The minimum absolute atomic E-state index is 0.191. The molecule has 27 heavy (non-hydrogen) atoms. The van der Waals surface area contributed by atoms with Crippen LogP contribution in [0, 0.1) is 25.2 Å². The van der Waals surface area contributed by atoms with Gasteiger partial charge in [-0.25, -0.2) is 0 Å². The topological polar surface area (TPSA) is 67.0 Å². The molecule has 0 bridgehead atoms. The summed E-state index contributed by atoms with van der Waals surface area (Å²) in [5.74, 6) is -0.242. The molecule has 1 aliphatic heterocycles. The molecule has 1 aromatic heterocycles. The van der Waals surface area contributed by atoms with Crippen LogP contribution in [0.4, 0.5) is 0 Å². The van der Waals surface area contributed by atoms with Crippen LogP contribution in [0.5, 0.6) is 0 Å². The molecule has 1 aromatic rings. The van der Waals surface area contributed by atoms with Crippen molar-refractivity contribution in [2.24, 2.45) is 0 Å². The summed E-state index contributed by atoms with van der Waals surface area (Å²) in [5, 5.41) is 12.6. The van der Waals surface area contributed by atoms with Crippen molar-refractivity contribution in [2.45, 2.75) is 83.9 Å². The Morgan fingerprint density at radius 1 is 1.26 bits per heavy atom. The highest BCUT2D eigenvalue weighted by Crippen LogP contribution is 2.22. The number of hydrogen-bond acceptors (Lipinski definition) is 3. The predicted octanol–water partition coefficient (Wildman–Crippen LogP) is 4.03. The Morgan fingerprint density at radius 3 is 2.63 bits per heavy atom. The fraction of sp³-hybridized carbons (Fsp3) is 0.636. The lowest BCUT2D eigenvalue weighted by Gasteiger charge is -2.16.